The molecule has 4 rings (SSSR count). The number of rotatable bonds is 10. The maximum absolute atomic E-state index is 9.69. The first-order chi connectivity index (χ1) is 18.5. The van der Waals surface area contributed by atoms with Crippen LogP contribution in [-0.4, -0.2) is 65.4 Å². The van der Waals surface area contributed by atoms with Crippen molar-refractivity contribution >= 4 is 23.2 Å². The molecule has 8 heteroatoms. The maximum atomic E-state index is 9.69. The minimum atomic E-state index is 0.128. The van der Waals surface area contributed by atoms with Crippen molar-refractivity contribution in [3.63, 3.8) is 0 Å². The number of benzene rings is 2. The van der Waals surface area contributed by atoms with E-state index in [-0.39, 0.29) is 5.70 Å². The third-order valence-corrected chi connectivity index (χ3v) is 7.82. The van der Waals surface area contributed by atoms with Crippen LogP contribution in [0.2, 0.25) is 10.0 Å². The zero-order chi connectivity index (χ0) is 26.9. The largest absolute Gasteiger partial charge is 0.363 e. The van der Waals surface area contributed by atoms with Crippen LogP contribution in [0.25, 0.3) is 4.85 Å². The molecule has 2 saturated heterocycles. The molecule has 0 saturated carbocycles. The number of nitrogens with zero attached hydrogens (tertiary/aromatic N) is 6. The average Bonchev–Trinajstić information content (AvgIpc) is 3.30. The zero-order valence-corrected chi connectivity index (χ0v) is 23.7. The van der Waals surface area contributed by atoms with E-state index in [0.29, 0.717) is 22.4 Å². The lowest BCUT2D eigenvalue weighted by Gasteiger charge is -2.28. The number of nitriles is 1. The van der Waals surface area contributed by atoms with Crippen molar-refractivity contribution in [3.8, 4) is 6.07 Å². The summed E-state index contributed by atoms with van der Waals surface area (Å²) in [6, 6.07) is 16.6. The molecular formula is C30H36Cl2N6. The molecule has 2 aromatic rings. The Hall–Kier alpha value is -2.74. The summed E-state index contributed by atoms with van der Waals surface area (Å²) in [5, 5.41) is 10.9. The summed E-state index contributed by atoms with van der Waals surface area (Å²) >= 11 is 12.4. The predicted octanol–water partition coefficient (Wildman–Crippen LogP) is 6.23. The zero-order valence-electron chi connectivity index (χ0n) is 22.2. The SMILES string of the molecule is [C-]#[N+]/C(C#N)=C1\N(CCN(CC)Cc2ccc(CN3CCCCC3)cc2)CCN1Cc1cc(Cl)cc(Cl)c1. The molecule has 0 bridgehead atoms. The van der Waals surface area contributed by atoms with Gasteiger partial charge in [-0.25, -0.2) is 10.1 Å². The summed E-state index contributed by atoms with van der Waals surface area (Å²) in [7, 11) is 0. The van der Waals surface area contributed by atoms with Gasteiger partial charge in [-0.05, 0) is 67.4 Å². The Bertz CT molecular complexity index is 1150. The van der Waals surface area contributed by atoms with Crippen LogP contribution < -0.4 is 0 Å². The Morgan fingerprint density at radius 3 is 2.21 bits per heavy atom. The van der Waals surface area contributed by atoms with Gasteiger partial charge in [0.25, 0.3) is 0 Å². The van der Waals surface area contributed by atoms with Crippen LogP contribution in [0.3, 0.4) is 0 Å². The molecule has 0 unspecified atom stereocenters. The van der Waals surface area contributed by atoms with Gasteiger partial charge in [0.2, 0.25) is 0 Å². The van der Waals surface area contributed by atoms with Crippen molar-refractivity contribution in [2.45, 2.75) is 45.8 Å². The molecule has 6 nitrogen and oxygen atoms in total. The lowest BCUT2D eigenvalue weighted by atomic mass is 10.1. The highest BCUT2D eigenvalue weighted by Crippen LogP contribution is 2.27. The molecule has 2 aliphatic rings. The van der Waals surface area contributed by atoms with E-state index in [9.17, 15) is 5.26 Å². The summed E-state index contributed by atoms with van der Waals surface area (Å²) in [4.78, 5) is 12.8. The van der Waals surface area contributed by atoms with Crippen molar-refractivity contribution in [1.29, 1.82) is 5.26 Å². The molecule has 0 atom stereocenters. The van der Waals surface area contributed by atoms with Crippen molar-refractivity contribution < 1.29 is 0 Å². The fraction of sp³-hybridized carbons (Fsp3) is 0.467. The van der Waals surface area contributed by atoms with E-state index >= 15 is 0 Å². The number of hydrogen-bond acceptors (Lipinski definition) is 5. The van der Waals surface area contributed by atoms with Gasteiger partial charge in [-0.1, -0.05) is 60.8 Å². The second kappa shape index (κ2) is 13.9. The van der Waals surface area contributed by atoms with Crippen LogP contribution in [0.15, 0.2) is 54.0 Å². The lowest BCUT2D eigenvalue weighted by Crippen LogP contribution is -2.34. The second-order valence-corrected chi connectivity index (χ2v) is 11.0. The Labute approximate surface area is 237 Å². The van der Waals surface area contributed by atoms with E-state index in [1.54, 1.807) is 6.07 Å². The van der Waals surface area contributed by atoms with Crippen LogP contribution >= 0.6 is 23.2 Å². The van der Waals surface area contributed by atoms with Gasteiger partial charge in [0.15, 0.2) is 0 Å². The predicted molar refractivity (Wildman–Crippen MR) is 154 cm³/mol. The first-order valence-electron chi connectivity index (χ1n) is 13.5. The molecule has 0 aromatic heterocycles. The Morgan fingerprint density at radius 2 is 1.58 bits per heavy atom. The summed E-state index contributed by atoms with van der Waals surface area (Å²) in [5.74, 6) is 0.705. The van der Waals surface area contributed by atoms with E-state index in [4.69, 9.17) is 29.8 Å². The van der Waals surface area contributed by atoms with Crippen molar-refractivity contribution in [2.24, 2.45) is 0 Å². The molecule has 0 spiro atoms. The van der Waals surface area contributed by atoms with Crippen LogP contribution in [-0.2, 0) is 19.6 Å². The first kappa shape index (κ1) is 28.3. The molecule has 38 heavy (non-hydrogen) atoms. The van der Waals surface area contributed by atoms with Gasteiger partial charge in [-0.2, -0.15) is 0 Å². The van der Waals surface area contributed by atoms with Crippen molar-refractivity contribution in [3.05, 3.63) is 92.1 Å². The quantitative estimate of drug-likeness (QED) is 0.259. The highest BCUT2D eigenvalue weighted by atomic mass is 35.5. The lowest BCUT2D eigenvalue weighted by molar-refractivity contribution is 0.220. The topological polar surface area (TPSA) is 41.1 Å². The molecule has 0 aliphatic carbocycles. The number of likely N-dealkylation sites (N-methyl/N-ethyl adjacent to an activating group) is 1. The minimum absolute atomic E-state index is 0.128. The average molecular weight is 552 g/mol. The van der Waals surface area contributed by atoms with Gasteiger partial charge in [0, 0.05) is 55.9 Å². The van der Waals surface area contributed by atoms with Gasteiger partial charge in [0.05, 0.1) is 12.6 Å². The van der Waals surface area contributed by atoms with E-state index in [1.165, 1.54) is 43.5 Å². The number of piperidine rings is 1. The molecular weight excluding hydrogens is 515 g/mol. The van der Waals surface area contributed by atoms with Gasteiger partial charge in [-0.3, -0.25) is 9.80 Å². The number of allylic oxidation sites excluding steroid dienone is 1. The summed E-state index contributed by atoms with van der Waals surface area (Å²) in [6.07, 6.45) is 3.99. The van der Waals surface area contributed by atoms with E-state index in [2.05, 4.69) is 61.7 Å². The molecule has 0 amide bonds. The minimum Gasteiger partial charge on any atom is -0.363 e. The summed E-state index contributed by atoms with van der Waals surface area (Å²) in [6.45, 7) is 18.7. The second-order valence-electron chi connectivity index (χ2n) is 10.1. The highest BCUT2D eigenvalue weighted by Gasteiger charge is 2.28. The molecule has 0 radical (unpaired) electrons. The summed E-state index contributed by atoms with van der Waals surface area (Å²) < 4.78 is 0. The molecule has 2 aromatic carbocycles. The first-order valence-corrected chi connectivity index (χ1v) is 14.2. The van der Waals surface area contributed by atoms with Crippen molar-refractivity contribution in [1.82, 2.24) is 19.6 Å². The van der Waals surface area contributed by atoms with E-state index in [1.807, 2.05) is 12.1 Å². The fourth-order valence-electron chi connectivity index (χ4n) is 5.37. The van der Waals surface area contributed by atoms with Gasteiger partial charge >= 0.3 is 5.70 Å². The summed E-state index contributed by atoms with van der Waals surface area (Å²) in [5.41, 5.74) is 3.78. The number of likely N-dealkylation sites (tertiary alicyclic amines) is 1. The molecule has 0 N–H and O–H groups in total. The fourth-order valence-corrected chi connectivity index (χ4v) is 5.94. The van der Waals surface area contributed by atoms with Gasteiger partial charge in [0.1, 0.15) is 5.82 Å². The van der Waals surface area contributed by atoms with Gasteiger partial charge < -0.3 is 9.80 Å². The third-order valence-electron chi connectivity index (χ3n) is 7.38. The monoisotopic (exact) mass is 550 g/mol. The van der Waals surface area contributed by atoms with Crippen LogP contribution in [0.5, 0.6) is 0 Å². The van der Waals surface area contributed by atoms with Gasteiger partial charge in [-0.15, -0.1) is 0 Å². The van der Waals surface area contributed by atoms with Crippen LogP contribution in [0.1, 0.15) is 42.9 Å². The Kier molecular flexibility index (Phi) is 10.3. The Balaban J connectivity index is 1.37. The highest BCUT2D eigenvalue weighted by molar-refractivity contribution is 6.34. The standard InChI is InChI=1S/C30H36Cl2N6/c1-3-35(21-24-7-9-25(10-8-24)22-36-11-5-4-6-12-36)13-14-37-15-16-38(30(37)29(20-33)34-2)23-26-17-27(31)19-28(32)18-26/h7-10,17-19H,3-6,11-16,21-23H2,1H3/b30-29+. The van der Waals surface area contributed by atoms with E-state index < -0.39 is 0 Å². The number of halogens is 2. The number of hydrogen-bond donors (Lipinski definition) is 0. The molecule has 2 heterocycles. The van der Waals surface area contributed by atoms with Crippen LogP contribution in [0.4, 0.5) is 0 Å². The maximum Gasteiger partial charge on any atom is 0.300 e. The molecule has 2 fully saturated rings. The van der Waals surface area contributed by atoms with Crippen LogP contribution in [0, 0.1) is 17.9 Å². The normalized spacial score (nSPS) is 17.5. The molecule has 200 valence electrons. The van der Waals surface area contributed by atoms with Crippen molar-refractivity contribution in [2.75, 3.05) is 45.8 Å². The third kappa shape index (κ3) is 7.65. The van der Waals surface area contributed by atoms with E-state index in [0.717, 1.165) is 51.4 Å². The Morgan fingerprint density at radius 1 is 0.921 bits per heavy atom. The smallest absolute Gasteiger partial charge is 0.300 e. The molecule has 2 aliphatic heterocycles.